The predicted octanol–water partition coefficient (Wildman–Crippen LogP) is 4.25. The van der Waals surface area contributed by atoms with Gasteiger partial charge in [-0.1, -0.05) is 34.1 Å². The molecule has 1 N–H and O–H groups in total. The van der Waals surface area contributed by atoms with Crippen molar-refractivity contribution in [1.29, 1.82) is 0 Å². The summed E-state index contributed by atoms with van der Waals surface area (Å²) in [6.45, 7) is 9.58. The Hall–Kier alpha value is -0.0400. The molecular formula is C16H30O. The van der Waals surface area contributed by atoms with E-state index in [2.05, 4.69) is 27.7 Å². The van der Waals surface area contributed by atoms with Crippen molar-refractivity contribution in [2.24, 2.45) is 29.1 Å². The van der Waals surface area contributed by atoms with E-state index in [0.717, 1.165) is 24.2 Å². The van der Waals surface area contributed by atoms with Crippen LogP contribution in [0, 0.1) is 29.1 Å². The molecule has 2 aliphatic carbocycles. The maximum atomic E-state index is 10.2. The summed E-state index contributed by atoms with van der Waals surface area (Å²) < 4.78 is 0. The quantitative estimate of drug-likeness (QED) is 0.779. The lowest BCUT2D eigenvalue weighted by Crippen LogP contribution is -2.41. The SMILES string of the molecule is CC(C)CC(C)[C@H]1CC[C@H]2[C@@H](O)CCC[C@]12C. The van der Waals surface area contributed by atoms with Gasteiger partial charge in [0.05, 0.1) is 6.10 Å². The number of hydrogen-bond acceptors (Lipinski definition) is 1. The Bertz CT molecular complexity index is 260. The van der Waals surface area contributed by atoms with Gasteiger partial charge in [0.2, 0.25) is 0 Å². The van der Waals surface area contributed by atoms with Crippen molar-refractivity contribution >= 4 is 0 Å². The topological polar surface area (TPSA) is 20.2 Å². The Labute approximate surface area is 107 Å². The molecule has 2 rings (SSSR count). The van der Waals surface area contributed by atoms with Gasteiger partial charge in [0, 0.05) is 0 Å². The minimum absolute atomic E-state index is 0.00926. The number of hydrogen-bond donors (Lipinski definition) is 1. The van der Waals surface area contributed by atoms with E-state index in [4.69, 9.17) is 0 Å². The van der Waals surface area contributed by atoms with Crippen LogP contribution in [0.4, 0.5) is 0 Å². The largest absolute Gasteiger partial charge is 0.393 e. The smallest absolute Gasteiger partial charge is 0.0573 e. The highest BCUT2D eigenvalue weighted by Crippen LogP contribution is 2.58. The van der Waals surface area contributed by atoms with Crippen LogP contribution in [-0.4, -0.2) is 11.2 Å². The molecule has 0 spiro atoms. The molecule has 2 aliphatic rings. The summed E-state index contributed by atoms with van der Waals surface area (Å²) in [7, 11) is 0. The van der Waals surface area contributed by atoms with E-state index < -0.39 is 0 Å². The first-order valence-electron chi connectivity index (χ1n) is 7.63. The van der Waals surface area contributed by atoms with Gasteiger partial charge in [-0.2, -0.15) is 0 Å². The maximum Gasteiger partial charge on any atom is 0.0573 e. The van der Waals surface area contributed by atoms with Crippen LogP contribution < -0.4 is 0 Å². The predicted molar refractivity (Wildman–Crippen MR) is 72.8 cm³/mol. The highest BCUT2D eigenvalue weighted by Gasteiger charge is 2.52. The molecule has 0 aromatic heterocycles. The second-order valence-corrected chi connectivity index (χ2v) is 7.36. The van der Waals surface area contributed by atoms with Crippen LogP contribution in [0.15, 0.2) is 0 Å². The molecule has 100 valence electrons. The van der Waals surface area contributed by atoms with Crippen LogP contribution in [0.25, 0.3) is 0 Å². The van der Waals surface area contributed by atoms with E-state index >= 15 is 0 Å². The Morgan fingerprint density at radius 2 is 1.88 bits per heavy atom. The summed E-state index contributed by atoms with van der Waals surface area (Å²) >= 11 is 0. The van der Waals surface area contributed by atoms with Crippen LogP contribution in [0.2, 0.25) is 0 Å². The average Bonchev–Trinajstić information content (AvgIpc) is 2.55. The Balaban J connectivity index is 2.09. The lowest BCUT2D eigenvalue weighted by Gasteiger charge is -2.45. The van der Waals surface area contributed by atoms with E-state index in [1.54, 1.807) is 0 Å². The van der Waals surface area contributed by atoms with Crippen LogP contribution in [0.1, 0.15) is 66.2 Å². The van der Waals surface area contributed by atoms with Gasteiger partial charge in [-0.15, -0.1) is 0 Å². The fourth-order valence-electron chi connectivity index (χ4n) is 5.03. The fourth-order valence-corrected chi connectivity index (χ4v) is 5.03. The van der Waals surface area contributed by atoms with Crippen molar-refractivity contribution in [2.75, 3.05) is 0 Å². The van der Waals surface area contributed by atoms with Gasteiger partial charge < -0.3 is 5.11 Å². The first-order valence-corrected chi connectivity index (χ1v) is 7.63. The lowest BCUT2D eigenvalue weighted by atomic mass is 9.61. The van der Waals surface area contributed by atoms with Gasteiger partial charge in [-0.25, -0.2) is 0 Å². The Morgan fingerprint density at radius 1 is 1.18 bits per heavy atom. The zero-order valence-corrected chi connectivity index (χ0v) is 12.1. The van der Waals surface area contributed by atoms with Crippen LogP contribution >= 0.6 is 0 Å². The van der Waals surface area contributed by atoms with E-state index in [9.17, 15) is 5.11 Å². The van der Waals surface area contributed by atoms with E-state index in [1.807, 2.05) is 0 Å². The zero-order chi connectivity index (χ0) is 12.6. The van der Waals surface area contributed by atoms with Crippen molar-refractivity contribution in [1.82, 2.24) is 0 Å². The molecule has 0 aromatic carbocycles. The van der Waals surface area contributed by atoms with Crippen molar-refractivity contribution in [3.8, 4) is 0 Å². The van der Waals surface area contributed by atoms with Crippen LogP contribution in [0.3, 0.4) is 0 Å². The molecule has 1 heteroatoms. The Morgan fingerprint density at radius 3 is 2.53 bits per heavy atom. The summed E-state index contributed by atoms with van der Waals surface area (Å²) in [5, 5.41) is 10.2. The highest BCUT2D eigenvalue weighted by molar-refractivity contribution is 5.01. The molecular weight excluding hydrogens is 208 g/mol. The number of rotatable bonds is 3. The number of aliphatic hydroxyl groups excluding tert-OH is 1. The second kappa shape index (κ2) is 4.91. The van der Waals surface area contributed by atoms with Gasteiger partial charge in [0.25, 0.3) is 0 Å². The highest BCUT2D eigenvalue weighted by atomic mass is 16.3. The standard InChI is InChI=1S/C16H30O/c1-11(2)10-12(3)13-7-8-14-15(17)6-5-9-16(13,14)4/h11-15,17H,5-10H2,1-4H3/t12?,13-,14+,15+,16-/m1/s1. The van der Waals surface area contributed by atoms with Gasteiger partial charge >= 0.3 is 0 Å². The maximum absolute atomic E-state index is 10.2. The van der Waals surface area contributed by atoms with Gasteiger partial charge in [0.1, 0.15) is 0 Å². The molecule has 0 radical (unpaired) electrons. The molecule has 0 bridgehead atoms. The van der Waals surface area contributed by atoms with E-state index in [1.165, 1.54) is 32.1 Å². The van der Waals surface area contributed by atoms with Gasteiger partial charge in [0.15, 0.2) is 0 Å². The van der Waals surface area contributed by atoms with Crippen LogP contribution in [-0.2, 0) is 0 Å². The molecule has 1 nitrogen and oxygen atoms in total. The summed E-state index contributed by atoms with van der Waals surface area (Å²) in [4.78, 5) is 0. The Kier molecular flexibility index (Phi) is 3.87. The molecule has 5 atom stereocenters. The molecule has 0 amide bonds. The van der Waals surface area contributed by atoms with Gasteiger partial charge in [-0.3, -0.25) is 0 Å². The fraction of sp³-hybridized carbons (Fsp3) is 1.00. The molecule has 0 aliphatic heterocycles. The number of fused-ring (bicyclic) bond motifs is 1. The van der Waals surface area contributed by atoms with Crippen molar-refractivity contribution in [3.05, 3.63) is 0 Å². The summed E-state index contributed by atoms with van der Waals surface area (Å²) in [5.41, 5.74) is 0.436. The zero-order valence-electron chi connectivity index (χ0n) is 12.1. The first kappa shape index (κ1) is 13.4. The molecule has 1 unspecified atom stereocenters. The van der Waals surface area contributed by atoms with E-state index in [0.29, 0.717) is 11.3 Å². The van der Waals surface area contributed by atoms with Gasteiger partial charge in [-0.05, 0) is 61.2 Å². The van der Waals surface area contributed by atoms with Crippen molar-refractivity contribution in [3.63, 3.8) is 0 Å². The average molecular weight is 238 g/mol. The molecule has 0 heterocycles. The van der Waals surface area contributed by atoms with Crippen molar-refractivity contribution in [2.45, 2.75) is 72.3 Å². The first-order chi connectivity index (χ1) is 7.95. The second-order valence-electron chi connectivity index (χ2n) is 7.36. The molecule has 2 saturated carbocycles. The summed E-state index contributed by atoms with van der Waals surface area (Å²) in [5.74, 6) is 3.08. The molecule has 2 fully saturated rings. The minimum Gasteiger partial charge on any atom is -0.393 e. The summed E-state index contributed by atoms with van der Waals surface area (Å²) in [6, 6.07) is 0. The molecule has 0 saturated heterocycles. The summed E-state index contributed by atoms with van der Waals surface area (Å²) in [6.07, 6.45) is 7.59. The van der Waals surface area contributed by atoms with Crippen molar-refractivity contribution < 1.29 is 5.11 Å². The molecule has 17 heavy (non-hydrogen) atoms. The minimum atomic E-state index is -0.00926. The molecule has 0 aromatic rings. The third-order valence-corrected chi connectivity index (χ3v) is 5.69. The monoisotopic (exact) mass is 238 g/mol. The van der Waals surface area contributed by atoms with E-state index in [-0.39, 0.29) is 6.10 Å². The third-order valence-electron chi connectivity index (χ3n) is 5.69. The third kappa shape index (κ3) is 2.41. The number of aliphatic hydroxyl groups is 1. The van der Waals surface area contributed by atoms with Crippen LogP contribution in [0.5, 0.6) is 0 Å². The normalized spacial score (nSPS) is 43.8. The lowest BCUT2D eigenvalue weighted by molar-refractivity contribution is -0.0285.